The summed E-state index contributed by atoms with van der Waals surface area (Å²) in [6.07, 6.45) is 2.38. The summed E-state index contributed by atoms with van der Waals surface area (Å²) in [5, 5.41) is 10.1. The molecular formula is C23H15F3N6O3. The van der Waals surface area contributed by atoms with Gasteiger partial charge >= 0.3 is 0 Å². The molecule has 0 aliphatic carbocycles. The first-order chi connectivity index (χ1) is 17.0. The van der Waals surface area contributed by atoms with Crippen molar-refractivity contribution in [2.24, 2.45) is 0 Å². The molecule has 2 N–H and O–H groups in total. The summed E-state index contributed by atoms with van der Waals surface area (Å²) in [6.45, 7) is 0.546. The van der Waals surface area contributed by atoms with Crippen LogP contribution in [0.15, 0.2) is 53.6 Å². The molecule has 4 heterocycles. The predicted octanol–water partition coefficient (Wildman–Crippen LogP) is 3.33. The van der Waals surface area contributed by atoms with E-state index in [-0.39, 0.29) is 41.8 Å². The van der Waals surface area contributed by atoms with Crippen molar-refractivity contribution >= 4 is 27.9 Å². The highest BCUT2D eigenvalue weighted by Crippen LogP contribution is 2.31. The Balaban J connectivity index is 1.41. The van der Waals surface area contributed by atoms with Gasteiger partial charge in [0.15, 0.2) is 34.6 Å². The van der Waals surface area contributed by atoms with Gasteiger partial charge in [-0.05, 0) is 24.3 Å². The summed E-state index contributed by atoms with van der Waals surface area (Å²) in [5.41, 5.74) is -0.983. The van der Waals surface area contributed by atoms with Gasteiger partial charge in [-0.15, -0.1) is 0 Å². The number of benzene rings is 2. The molecule has 0 amide bonds. The van der Waals surface area contributed by atoms with Gasteiger partial charge in [-0.25, -0.2) is 18.2 Å². The summed E-state index contributed by atoms with van der Waals surface area (Å²) in [4.78, 5) is 21.8. The van der Waals surface area contributed by atoms with Crippen molar-refractivity contribution in [3.05, 3.63) is 76.6 Å². The van der Waals surface area contributed by atoms with Crippen LogP contribution in [-0.2, 0) is 0 Å². The minimum absolute atomic E-state index is 0.0387. The molecule has 3 aromatic heterocycles. The Kier molecular flexibility index (Phi) is 4.80. The van der Waals surface area contributed by atoms with E-state index in [9.17, 15) is 18.0 Å². The van der Waals surface area contributed by atoms with E-state index >= 15 is 0 Å². The molecule has 0 unspecified atom stereocenters. The quantitative estimate of drug-likeness (QED) is 0.380. The average molecular weight is 480 g/mol. The summed E-state index contributed by atoms with van der Waals surface area (Å²) >= 11 is 0. The highest BCUT2D eigenvalue weighted by Gasteiger charge is 2.23. The number of aromatic nitrogens is 5. The van der Waals surface area contributed by atoms with E-state index in [1.807, 2.05) is 12.1 Å². The third-order valence-corrected chi connectivity index (χ3v) is 5.62. The Morgan fingerprint density at radius 3 is 2.77 bits per heavy atom. The van der Waals surface area contributed by atoms with Crippen molar-refractivity contribution in [2.45, 2.75) is 6.10 Å². The van der Waals surface area contributed by atoms with Gasteiger partial charge in [-0.1, -0.05) is 12.1 Å². The van der Waals surface area contributed by atoms with Gasteiger partial charge in [0.1, 0.15) is 18.2 Å². The minimum atomic E-state index is -1.70. The lowest BCUT2D eigenvalue weighted by atomic mass is 10.2. The van der Waals surface area contributed by atoms with Gasteiger partial charge in [-0.2, -0.15) is 10.1 Å². The molecule has 0 fully saturated rings. The predicted molar refractivity (Wildman–Crippen MR) is 120 cm³/mol. The first-order valence-electron chi connectivity index (χ1n) is 10.5. The molecule has 12 heteroatoms. The zero-order valence-corrected chi connectivity index (χ0v) is 17.8. The SMILES string of the molecule is O=c1c2c[nH]nc2c2cnc(NC[C@H]3COc4ccccc4O3)nc2n1-c1ccc(F)c(F)c1F. The summed E-state index contributed by atoms with van der Waals surface area (Å²) in [5.74, 6) is -3.24. The van der Waals surface area contributed by atoms with E-state index in [0.29, 0.717) is 16.9 Å². The normalized spacial score (nSPS) is 15.0. The maximum absolute atomic E-state index is 14.7. The van der Waals surface area contributed by atoms with Crippen molar-refractivity contribution in [3.8, 4) is 17.2 Å². The Labute approximate surface area is 194 Å². The van der Waals surface area contributed by atoms with Gasteiger partial charge in [-0.3, -0.25) is 14.5 Å². The Bertz CT molecular complexity index is 1670. The van der Waals surface area contributed by atoms with Crippen LogP contribution in [0.4, 0.5) is 19.1 Å². The Morgan fingerprint density at radius 1 is 1.09 bits per heavy atom. The maximum atomic E-state index is 14.7. The Morgan fingerprint density at radius 2 is 1.91 bits per heavy atom. The summed E-state index contributed by atoms with van der Waals surface area (Å²) < 4.78 is 54.7. The molecule has 0 bridgehead atoms. The molecule has 1 atom stereocenters. The van der Waals surface area contributed by atoms with E-state index in [4.69, 9.17) is 9.47 Å². The number of anilines is 1. The molecule has 6 rings (SSSR count). The fourth-order valence-electron chi connectivity index (χ4n) is 3.95. The number of H-pyrrole nitrogens is 1. The number of hydrogen-bond acceptors (Lipinski definition) is 7. The number of rotatable bonds is 4. The molecule has 35 heavy (non-hydrogen) atoms. The largest absolute Gasteiger partial charge is 0.486 e. The van der Waals surface area contributed by atoms with Crippen LogP contribution < -0.4 is 20.3 Å². The number of nitrogens with zero attached hydrogens (tertiary/aromatic N) is 4. The van der Waals surface area contributed by atoms with Crippen LogP contribution in [0, 0.1) is 17.5 Å². The van der Waals surface area contributed by atoms with E-state index in [0.717, 1.165) is 16.7 Å². The van der Waals surface area contributed by atoms with Crippen LogP contribution in [0.3, 0.4) is 0 Å². The van der Waals surface area contributed by atoms with Crippen molar-refractivity contribution in [3.63, 3.8) is 0 Å². The fraction of sp³-hybridized carbons (Fsp3) is 0.130. The monoisotopic (exact) mass is 480 g/mol. The third-order valence-electron chi connectivity index (χ3n) is 5.62. The van der Waals surface area contributed by atoms with Crippen molar-refractivity contribution in [1.82, 2.24) is 24.7 Å². The second-order valence-corrected chi connectivity index (χ2v) is 7.79. The zero-order valence-electron chi connectivity index (χ0n) is 17.8. The van der Waals surface area contributed by atoms with Crippen LogP contribution in [0.25, 0.3) is 27.6 Å². The van der Waals surface area contributed by atoms with Gasteiger partial charge in [0.05, 0.1) is 23.0 Å². The number of fused-ring (bicyclic) bond motifs is 4. The second-order valence-electron chi connectivity index (χ2n) is 7.79. The molecule has 176 valence electrons. The molecule has 9 nitrogen and oxygen atoms in total. The van der Waals surface area contributed by atoms with E-state index in [2.05, 4.69) is 25.5 Å². The van der Waals surface area contributed by atoms with Crippen LogP contribution in [-0.4, -0.2) is 44.0 Å². The number of para-hydroxylation sites is 2. The zero-order chi connectivity index (χ0) is 24.1. The van der Waals surface area contributed by atoms with E-state index in [1.165, 1.54) is 12.4 Å². The number of hydrogen-bond donors (Lipinski definition) is 2. The first kappa shape index (κ1) is 21.0. The lowest BCUT2D eigenvalue weighted by Crippen LogP contribution is -2.35. The summed E-state index contributed by atoms with van der Waals surface area (Å²) in [6, 6.07) is 8.98. The topological polar surface area (TPSA) is 107 Å². The molecule has 0 saturated carbocycles. The van der Waals surface area contributed by atoms with Crippen molar-refractivity contribution < 1.29 is 22.6 Å². The first-order valence-corrected chi connectivity index (χ1v) is 10.5. The van der Waals surface area contributed by atoms with Crippen LogP contribution in [0.2, 0.25) is 0 Å². The summed E-state index contributed by atoms with van der Waals surface area (Å²) in [7, 11) is 0. The van der Waals surface area contributed by atoms with E-state index in [1.54, 1.807) is 12.1 Å². The van der Waals surface area contributed by atoms with Crippen LogP contribution in [0.5, 0.6) is 11.5 Å². The number of nitrogens with one attached hydrogen (secondary N) is 2. The minimum Gasteiger partial charge on any atom is -0.486 e. The lowest BCUT2D eigenvalue weighted by molar-refractivity contribution is 0.0996. The lowest BCUT2D eigenvalue weighted by Gasteiger charge is -2.26. The van der Waals surface area contributed by atoms with Crippen molar-refractivity contribution in [2.75, 3.05) is 18.5 Å². The van der Waals surface area contributed by atoms with Crippen molar-refractivity contribution in [1.29, 1.82) is 0 Å². The highest BCUT2D eigenvalue weighted by molar-refractivity contribution is 6.02. The molecule has 5 aromatic rings. The van der Waals surface area contributed by atoms with Gasteiger partial charge in [0.2, 0.25) is 5.95 Å². The number of pyridine rings is 1. The fourth-order valence-corrected chi connectivity index (χ4v) is 3.95. The smallest absolute Gasteiger partial charge is 0.267 e. The Hall–Kier alpha value is -4.61. The van der Waals surface area contributed by atoms with Gasteiger partial charge in [0.25, 0.3) is 5.56 Å². The molecule has 1 aliphatic rings. The van der Waals surface area contributed by atoms with E-state index < -0.39 is 28.7 Å². The van der Waals surface area contributed by atoms with Crippen LogP contribution >= 0.6 is 0 Å². The molecule has 0 saturated heterocycles. The number of halogens is 3. The third kappa shape index (κ3) is 3.41. The number of ether oxygens (including phenoxy) is 2. The maximum Gasteiger partial charge on any atom is 0.267 e. The van der Waals surface area contributed by atoms with Crippen LogP contribution in [0.1, 0.15) is 0 Å². The molecule has 2 aromatic carbocycles. The molecule has 1 aliphatic heterocycles. The standard InChI is InChI=1S/C23H15F3N6O3/c24-14-5-6-15(19(26)18(14)25)32-21-12(20-13(22(32)33)9-29-31-20)8-28-23(30-21)27-7-11-10-34-16-3-1-2-4-17(16)35-11/h1-6,8-9,11H,7,10H2,(H,29,31)(H,27,28,30)/t11-/m0/s1. The average Bonchev–Trinajstić information content (AvgIpc) is 3.38. The second kappa shape index (κ2) is 8.01. The molecule has 0 spiro atoms. The van der Waals surface area contributed by atoms with Gasteiger partial charge in [0, 0.05) is 12.4 Å². The molecular weight excluding hydrogens is 465 g/mol. The number of aromatic amines is 1. The van der Waals surface area contributed by atoms with Gasteiger partial charge < -0.3 is 14.8 Å². The molecule has 0 radical (unpaired) electrons. The highest BCUT2D eigenvalue weighted by atomic mass is 19.2.